The van der Waals surface area contributed by atoms with Gasteiger partial charge in [-0.3, -0.25) is 0 Å². The lowest BCUT2D eigenvalue weighted by atomic mass is 10.2. The number of thiazole rings is 1. The number of hydrogen-bond acceptors (Lipinski definition) is 2. The standard InChI is InChI=1S/C9H4Cl2FNS/c10-5-1-2-6(7(12)3-5)9-13-8(11)4-14-9/h1-4H. The first-order chi connectivity index (χ1) is 6.66. The predicted molar refractivity (Wildman–Crippen MR) is 57.5 cm³/mol. The molecule has 0 aliphatic heterocycles. The average molecular weight is 248 g/mol. The van der Waals surface area contributed by atoms with E-state index in [0.717, 1.165) is 0 Å². The molecule has 0 radical (unpaired) electrons. The zero-order valence-electron chi connectivity index (χ0n) is 6.80. The summed E-state index contributed by atoms with van der Waals surface area (Å²) in [7, 11) is 0. The van der Waals surface area contributed by atoms with Crippen molar-refractivity contribution in [1.29, 1.82) is 0 Å². The van der Waals surface area contributed by atoms with Crippen molar-refractivity contribution in [3.05, 3.63) is 39.6 Å². The van der Waals surface area contributed by atoms with Crippen LogP contribution in [0.4, 0.5) is 4.39 Å². The van der Waals surface area contributed by atoms with Gasteiger partial charge >= 0.3 is 0 Å². The summed E-state index contributed by atoms with van der Waals surface area (Å²) in [6.07, 6.45) is 0. The van der Waals surface area contributed by atoms with Gasteiger partial charge in [-0.05, 0) is 18.2 Å². The molecular weight excluding hydrogens is 244 g/mol. The van der Waals surface area contributed by atoms with Gasteiger partial charge in [0.25, 0.3) is 0 Å². The van der Waals surface area contributed by atoms with E-state index in [4.69, 9.17) is 23.2 Å². The van der Waals surface area contributed by atoms with Crippen LogP contribution in [0.2, 0.25) is 10.2 Å². The Bertz CT molecular complexity index is 470. The maximum Gasteiger partial charge on any atom is 0.140 e. The van der Waals surface area contributed by atoms with E-state index in [-0.39, 0.29) is 5.82 Å². The van der Waals surface area contributed by atoms with Crippen molar-refractivity contribution in [2.24, 2.45) is 0 Å². The van der Waals surface area contributed by atoms with Gasteiger partial charge in [0.05, 0.1) is 0 Å². The van der Waals surface area contributed by atoms with Crippen molar-refractivity contribution in [1.82, 2.24) is 4.98 Å². The zero-order valence-corrected chi connectivity index (χ0v) is 9.13. The second-order valence-corrected chi connectivity index (χ2v) is 4.28. The van der Waals surface area contributed by atoms with E-state index in [9.17, 15) is 4.39 Å². The zero-order chi connectivity index (χ0) is 10.1. The molecule has 1 aromatic carbocycles. The van der Waals surface area contributed by atoms with E-state index in [2.05, 4.69) is 4.98 Å². The summed E-state index contributed by atoms with van der Waals surface area (Å²) in [5.74, 6) is -0.386. The summed E-state index contributed by atoms with van der Waals surface area (Å²) in [6, 6.07) is 4.47. The highest BCUT2D eigenvalue weighted by molar-refractivity contribution is 7.13. The van der Waals surface area contributed by atoms with Gasteiger partial charge in [-0.2, -0.15) is 0 Å². The van der Waals surface area contributed by atoms with E-state index < -0.39 is 0 Å². The van der Waals surface area contributed by atoms with Crippen molar-refractivity contribution in [2.75, 3.05) is 0 Å². The number of hydrogen-bond donors (Lipinski definition) is 0. The molecule has 5 heteroatoms. The number of rotatable bonds is 1. The van der Waals surface area contributed by atoms with E-state index in [1.165, 1.54) is 17.4 Å². The van der Waals surface area contributed by atoms with Crippen LogP contribution < -0.4 is 0 Å². The van der Waals surface area contributed by atoms with Gasteiger partial charge < -0.3 is 0 Å². The van der Waals surface area contributed by atoms with Gasteiger partial charge in [0, 0.05) is 16.0 Å². The van der Waals surface area contributed by atoms with Gasteiger partial charge in [-0.25, -0.2) is 9.37 Å². The number of aromatic nitrogens is 1. The molecule has 1 nitrogen and oxygen atoms in total. The van der Waals surface area contributed by atoms with Gasteiger partial charge in [0.1, 0.15) is 16.0 Å². The second-order valence-electron chi connectivity index (χ2n) is 2.60. The average Bonchev–Trinajstić information content (AvgIpc) is 2.51. The Kier molecular flexibility index (Phi) is 2.72. The molecule has 2 rings (SSSR count). The SMILES string of the molecule is Fc1cc(Cl)ccc1-c1nc(Cl)cs1. The third kappa shape index (κ3) is 1.90. The Balaban J connectivity index is 2.52. The molecule has 0 spiro atoms. The summed E-state index contributed by atoms with van der Waals surface area (Å²) >= 11 is 12.6. The first-order valence-corrected chi connectivity index (χ1v) is 5.37. The van der Waals surface area contributed by atoms with Gasteiger partial charge in [0.15, 0.2) is 0 Å². The molecule has 0 aliphatic rings. The monoisotopic (exact) mass is 247 g/mol. The molecule has 0 saturated carbocycles. The summed E-state index contributed by atoms with van der Waals surface area (Å²) < 4.78 is 13.4. The topological polar surface area (TPSA) is 12.9 Å². The Labute approximate surface area is 94.1 Å². The molecule has 0 amide bonds. The number of halogens is 3. The van der Waals surface area contributed by atoms with Crippen LogP contribution >= 0.6 is 34.5 Å². The molecule has 0 unspecified atom stereocenters. The minimum absolute atomic E-state index is 0.369. The van der Waals surface area contributed by atoms with Crippen molar-refractivity contribution >= 4 is 34.5 Å². The molecule has 0 aliphatic carbocycles. The molecule has 0 bridgehead atoms. The Morgan fingerprint density at radius 3 is 2.64 bits per heavy atom. The minimum Gasteiger partial charge on any atom is -0.224 e. The summed E-state index contributed by atoms with van der Waals surface area (Å²) in [6.45, 7) is 0. The van der Waals surface area contributed by atoms with Crippen LogP contribution in [-0.4, -0.2) is 4.98 Å². The van der Waals surface area contributed by atoms with Crippen molar-refractivity contribution in [3.8, 4) is 10.6 Å². The first-order valence-electron chi connectivity index (χ1n) is 3.73. The normalized spacial score (nSPS) is 10.5. The molecule has 0 N–H and O–H groups in total. The van der Waals surface area contributed by atoms with Crippen LogP contribution in [-0.2, 0) is 0 Å². The molecule has 1 aromatic heterocycles. The second kappa shape index (κ2) is 3.85. The van der Waals surface area contributed by atoms with Gasteiger partial charge in [-0.15, -0.1) is 11.3 Å². The lowest BCUT2D eigenvalue weighted by Crippen LogP contribution is -1.82. The Hall–Kier alpha value is -0.640. The Morgan fingerprint density at radius 1 is 1.29 bits per heavy atom. The largest absolute Gasteiger partial charge is 0.224 e. The maximum absolute atomic E-state index is 13.4. The van der Waals surface area contributed by atoms with Crippen LogP contribution in [0.25, 0.3) is 10.6 Å². The molecule has 1 heterocycles. The summed E-state index contributed by atoms with van der Waals surface area (Å²) in [5.41, 5.74) is 0.423. The van der Waals surface area contributed by atoms with E-state index in [1.54, 1.807) is 17.5 Å². The highest BCUT2D eigenvalue weighted by atomic mass is 35.5. The Morgan fingerprint density at radius 2 is 2.07 bits per heavy atom. The van der Waals surface area contributed by atoms with E-state index in [0.29, 0.717) is 20.7 Å². The minimum atomic E-state index is -0.386. The highest BCUT2D eigenvalue weighted by Gasteiger charge is 2.09. The third-order valence-electron chi connectivity index (χ3n) is 1.64. The number of nitrogens with zero attached hydrogens (tertiary/aromatic N) is 1. The molecule has 0 saturated heterocycles. The fraction of sp³-hybridized carbons (Fsp3) is 0. The van der Waals surface area contributed by atoms with Crippen molar-refractivity contribution in [3.63, 3.8) is 0 Å². The van der Waals surface area contributed by atoms with Gasteiger partial charge in [0.2, 0.25) is 0 Å². The van der Waals surface area contributed by atoms with Crippen molar-refractivity contribution < 1.29 is 4.39 Å². The van der Waals surface area contributed by atoms with Crippen LogP contribution in [0.15, 0.2) is 23.6 Å². The molecule has 0 atom stereocenters. The quantitative estimate of drug-likeness (QED) is 0.734. The number of benzene rings is 1. The van der Waals surface area contributed by atoms with E-state index in [1.807, 2.05) is 0 Å². The first kappa shape index (κ1) is 9.90. The van der Waals surface area contributed by atoms with Crippen LogP contribution in [0.5, 0.6) is 0 Å². The highest BCUT2D eigenvalue weighted by Crippen LogP contribution is 2.29. The van der Waals surface area contributed by atoms with Crippen LogP contribution in [0.3, 0.4) is 0 Å². The van der Waals surface area contributed by atoms with Crippen LogP contribution in [0, 0.1) is 5.82 Å². The molecule has 0 fully saturated rings. The van der Waals surface area contributed by atoms with Gasteiger partial charge in [-0.1, -0.05) is 23.2 Å². The maximum atomic E-state index is 13.4. The van der Waals surface area contributed by atoms with E-state index >= 15 is 0 Å². The molecule has 72 valence electrons. The fourth-order valence-electron chi connectivity index (χ4n) is 1.04. The smallest absolute Gasteiger partial charge is 0.140 e. The fourth-order valence-corrected chi connectivity index (χ4v) is 2.17. The van der Waals surface area contributed by atoms with Crippen LogP contribution in [0.1, 0.15) is 0 Å². The predicted octanol–water partition coefficient (Wildman–Crippen LogP) is 4.26. The lowest BCUT2D eigenvalue weighted by Gasteiger charge is -1.98. The third-order valence-corrected chi connectivity index (χ3v) is 3.07. The molecule has 2 aromatic rings. The molecular formula is C9H4Cl2FNS. The lowest BCUT2D eigenvalue weighted by molar-refractivity contribution is 0.631. The molecule has 14 heavy (non-hydrogen) atoms. The summed E-state index contributed by atoms with van der Waals surface area (Å²) in [4.78, 5) is 3.97. The van der Waals surface area contributed by atoms with Crippen molar-refractivity contribution in [2.45, 2.75) is 0 Å². The summed E-state index contributed by atoms with van der Waals surface area (Å²) in [5, 5.41) is 2.96.